The van der Waals surface area contributed by atoms with E-state index in [0.717, 1.165) is 10.0 Å². The van der Waals surface area contributed by atoms with E-state index in [1.165, 1.54) is 0 Å². The molecule has 2 aromatic carbocycles. The second kappa shape index (κ2) is 9.02. The maximum Gasteiger partial charge on any atom is 0.251 e. The quantitative estimate of drug-likeness (QED) is 0.746. The lowest BCUT2D eigenvalue weighted by Gasteiger charge is -2.25. The van der Waals surface area contributed by atoms with Gasteiger partial charge in [0.1, 0.15) is 0 Å². The van der Waals surface area contributed by atoms with Gasteiger partial charge in [-0.25, -0.2) is 0 Å². The fraction of sp³-hybridized carbons (Fsp3) is 0.263. The van der Waals surface area contributed by atoms with Gasteiger partial charge in [-0.3, -0.25) is 9.59 Å². The highest BCUT2D eigenvalue weighted by Crippen LogP contribution is 2.21. The summed E-state index contributed by atoms with van der Waals surface area (Å²) in [5.41, 5.74) is 1.58. The monoisotopic (exact) mass is 422 g/mol. The fourth-order valence-corrected chi connectivity index (χ4v) is 2.73. The summed E-state index contributed by atoms with van der Waals surface area (Å²) in [5.74, 6) is -0.216. The highest BCUT2D eigenvalue weighted by molar-refractivity contribution is 9.10. The minimum absolute atomic E-state index is 0.0291. The Morgan fingerprint density at radius 1 is 1.12 bits per heavy atom. The van der Waals surface area contributed by atoms with Crippen molar-refractivity contribution in [2.24, 2.45) is 0 Å². The molecule has 0 bridgehead atoms. The van der Waals surface area contributed by atoms with Gasteiger partial charge in [0.15, 0.2) is 0 Å². The zero-order chi connectivity index (χ0) is 18.4. The predicted octanol–water partition coefficient (Wildman–Crippen LogP) is 4.44. The van der Waals surface area contributed by atoms with Crippen LogP contribution in [-0.2, 0) is 4.79 Å². The van der Waals surface area contributed by atoms with Crippen LogP contribution in [0.25, 0.3) is 0 Å². The average molecular weight is 424 g/mol. The Kier molecular flexibility index (Phi) is 7.02. The van der Waals surface area contributed by atoms with E-state index in [9.17, 15) is 9.59 Å². The molecule has 0 saturated carbocycles. The number of halogens is 2. The molecule has 25 heavy (non-hydrogen) atoms. The van der Waals surface area contributed by atoms with Crippen molar-refractivity contribution >= 4 is 39.3 Å². The van der Waals surface area contributed by atoms with Crippen molar-refractivity contribution in [1.82, 2.24) is 10.2 Å². The molecule has 1 N–H and O–H groups in total. The molecule has 0 aliphatic rings. The first kappa shape index (κ1) is 19.5. The normalized spacial score (nSPS) is 11.7. The number of rotatable bonds is 6. The number of nitrogens with one attached hydrogen (secondary N) is 1. The molecule has 0 aliphatic carbocycles. The SMILES string of the molecule is CC(c1ccc(Cl)cc1)N(C)C(=O)CCNC(=O)c1ccc(Br)cc1. The highest BCUT2D eigenvalue weighted by atomic mass is 79.9. The molecule has 2 amide bonds. The van der Waals surface area contributed by atoms with Crippen molar-refractivity contribution in [1.29, 1.82) is 0 Å². The lowest BCUT2D eigenvalue weighted by Crippen LogP contribution is -2.33. The Bertz CT molecular complexity index is 732. The van der Waals surface area contributed by atoms with E-state index in [1.54, 1.807) is 24.1 Å². The summed E-state index contributed by atoms with van der Waals surface area (Å²) in [6.45, 7) is 2.26. The standard InChI is InChI=1S/C19H20BrClN2O2/c1-13(14-5-9-17(21)10-6-14)23(2)18(24)11-12-22-19(25)15-3-7-16(20)8-4-15/h3-10,13H,11-12H2,1-2H3,(H,22,25). The van der Waals surface area contributed by atoms with Gasteiger partial charge in [-0.05, 0) is 48.9 Å². The number of benzene rings is 2. The number of hydrogen-bond acceptors (Lipinski definition) is 2. The number of hydrogen-bond donors (Lipinski definition) is 1. The van der Waals surface area contributed by atoms with Gasteiger partial charge in [-0.1, -0.05) is 39.7 Å². The predicted molar refractivity (Wildman–Crippen MR) is 104 cm³/mol. The summed E-state index contributed by atoms with van der Waals surface area (Å²) >= 11 is 9.22. The Labute approximate surface area is 161 Å². The largest absolute Gasteiger partial charge is 0.352 e. The van der Waals surface area contributed by atoms with Gasteiger partial charge in [0.25, 0.3) is 5.91 Å². The molecule has 0 fully saturated rings. The molecule has 132 valence electrons. The van der Waals surface area contributed by atoms with E-state index in [4.69, 9.17) is 11.6 Å². The van der Waals surface area contributed by atoms with Crippen molar-refractivity contribution in [3.63, 3.8) is 0 Å². The average Bonchev–Trinajstić information content (AvgIpc) is 2.61. The molecule has 6 heteroatoms. The molecular weight excluding hydrogens is 404 g/mol. The molecule has 2 aromatic rings. The first-order valence-corrected chi connectivity index (χ1v) is 9.10. The molecule has 0 spiro atoms. The van der Waals surface area contributed by atoms with Crippen LogP contribution < -0.4 is 5.32 Å². The van der Waals surface area contributed by atoms with E-state index in [0.29, 0.717) is 17.1 Å². The van der Waals surface area contributed by atoms with E-state index in [1.807, 2.05) is 43.3 Å². The molecule has 0 aliphatic heterocycles. The van der Waals surface area contributed by atoms with Gasteiger partial charge in [0.05, 0.1) is 6.04 Å². The zero-order valence-electron chi connectivity index (χ0n) is 14.1. The Morgan fingerprint density at radius 3 is 2.32 bits per heavy atom. The van der Waals surface area contributed by atoms with Gasteiger partial charge >= 0.3 is 0 Å². The first-order valence-electron chi connectivity index (χ1n) is 7.93. The van der Waals surface area contributed by atoms with Gasteiger partial charge < -0.3 is 10.2 Å². The van der Waals surface area contributed by atoms with Crippen molar-refractivity contribution in [3.05, 3.63) is 69.2 Å². The second-order valence-corrected chi connectivity index (χ2v) is 7.10. The van der Waals surface area contributed by atoms with Crippen LogP contribution in [0.2, 0.25) is 5.02 Å². The van der Waals surface area contributed by atoms with Crippen LogP contribution in [-0.4, -0.2) is 30.3 Å². The van der Waals surface area contributed by atoms with Crippen molar-refractivity contribution in [2.45, 2.75) is 19.4 Å². The number of carbonyl (C=O) groups excluding carboxylic acids is 2. The van der Waals surface area contributed by atoms with Gasteiger partial charge in [0, 0.05) is 35.1 Å². The minimum Gasteiger partial charge on any atom is -0.352 e. The van der Waals surface area contributed by atoms with Gasteiger partial charge in [-0.2, -0.15) is 0 Å². The highest BCUT2D eigenvalue weighted by Gasteiger charge is 2.17. The van der Waals surface area contributed by atoms with E-state index < -0.39 is 0 Å². The summed E-state index contributed by atoms with van der Waals surface area (Å²) < 4.78 is 0.914. The third-order valence-electron chi connectivity index (χ3n) is 4.06. The van der Waals surface area contributed by atoms with Crippen LogP contribution >= 0.6 is 27.5 Å². The first-order chi connectivity index (χ1) is 11.9. The number of carbonyl (C=O) groups is 2. The molecule has 4 nitrogen and oxygen atoms in total. The summed E-state index contributed by atoms with van der Waals surface area (Å²) in [7, 11) is 1.76. The summed E-state index contributed by atoms with van der Waals surface area (Å²) in [6.07, 6.45) is 0.247. The third-order valence-corrected chi connectivity index (χ3v) is 4.84. The van der Waals surface area contributed by atoms with Crippen molar-refractivity contribution in [2.75, 3.05) is 13.6 Å². The van der Waals surface area contributed by atoms with E-state index in [-0.39, 0.29) is 24.3 Å². The zero-order valence-corrected chi connectivity index (χ0v) is 16.5. The molecule has 0 saturated heterocycles. The molecule has 0 heterocycles. The molecular formula is C19H20BrClN2O2. The maximum atomic E-state index is 12.3. The molecule has 1 unspecified atom stereocenters. The Balaban J connectivity index is 1.83. The van der Waals surface area contributed by atoms with E-state index >= 15 is 0 Å². The molecule has 0 radical (unpaired) electrons. The second-order valence-electron chi connectivity index (χ2n) is 5.74. The van der Waals surface area contributed by atoms with Crippen LogP contribution in [0, 0.1) is 0 Å². The molecule has 1 atom stereocenters. The van der Waals surface area contributed by atoms with E-state index in [2.05, 4.69) is 21.2 Å². The lowest BCUT2D eigenvalue weighted by molar-refractivity contribution is -0.131. The molecule has 2 rings (SSSR count). The lowest BCUT2D eigenvalue weighted by atomic mass is 10.1. The van der Waals surface area contributed by atoms with Crippen LogP contribution in [0.4, 0.5) is 0 Å². The van der Waals surface area contributed by atoms with Crippen LogP contribution in [0.15, 0.2) is 53.0 Å². The van der Waals surface area contributed by atoms with Crippen LogP contribution in [0.1, 0.15) is 35.3 Å². The number of nitrogens with zero attached hydrogens (tertiary/aromatic N) is 1. The van der Waals surface area contributed by atoms with Gasteiger partial charge in [0.2, 0.25) is 5.91 Å². The fourth-order valence-electron chi connectivity index (χ4n) is 2.34. The summed E-state index contributed by atoms with van der Waals surface area (Å²) in [6, 6.07) is 14.5. The maximum absolute atomic E-state index is 12.3. The third kappa shape index (κ3) is 5.58. The van der Waals surface area contributed by atoms with Crippen LogP contribution in [0.3, 0.4) is 0 Å². The minimum atomic E-state index is -0.186. The smallest absolute Gasteiger partial charge is 0.251 e. The van der Waals surface area contributed by atoms with Crippen molar-refractivity contribution in [3.8, 4) is 0 Å². The van der Waals surface area contributed by atoms with Crippen LogP contribution in [0.5, 0.6) is 0 Å². The summed E-state index contributed by atoms with van der Waals surface area (Å²) in [4.78, 5) is 26.0. The topological polar surface area (TPSA) is 49.4 Å². The Morgan fingerprint density at radius 2 is 1.72 bits per heavy atom. The van der Waals surface area contributed by atoms with Crippen molar-refractivity contribution < 1.29 is 9.59 Å². The number of amides is 2. The molecule has 0 aromatic heterocycles. The summed E-state index contributed by atoms with van der Waals surface area (Å²) in [5, 5.41) is 3.44. The Hall–Kier alpha value is -1.85. The van der Waals surface area contributed by atoms with Gasteiger partial charge in [-0.15, -0.1) is 0 Å².